The molecule has 2 aromatic carbocycles. The van der Waals surface area contributed by atoms with Crippen LogP contribution >= 0.6 is 23.2 Å². The largest absolute Gasteiger partial charge is 0.380 e. The number of methoxy groups -OCH3 is 1. The first kappa shape index (κ1) is 15.8. The molecule has 21 heavy (non-hydrogen) atoms. The molecule has 0 aromatic heterocycles. The third-order valence-electron chi connectivity index (χ3n) is 2.87. The summed E-state index contributed by atoms with van der Waals surface area (Å²) in [5.41, 5.74) is 2.56. The molecule has 2 aromatic rings. The van der Waals surface area contributed by atoms with Crippen LogP contribution in [-0.2, 0) is 22.6 Å². The second kappa shape index (κ2) is 7.46. The highest BCUT2D eigenvalue weighted by Gasteiger charge is 2.06. The molecular weight excluding hydrogens is 309 g/mol. The Morgan fingerprint density at radius 3 is 2.62 bits per heavy atom. The average molecular weight is 324 g/mol. The fourth-order valence-electron chi connectivity index (χ4n) is 1.95. The number of rotatable bonds is 5. The number of carbonyl (C=O) groups excluding carboxylic acids is 1. The van der Waals surface area contributed by atoms with Gasteiger partial charge in [0.2, 0.25) is 5.91 Å². The second-order valence-corrected chi connectivity index (χ2v) is 5.42. The molecule has 0 saturated carbocycles. The van der Waals surface area contributed by atoms with Crippen LogP contribution in [-0.4, -0.2) is 13.0 Å². The van der Waals surface area contributed by atoms with Gasteiger partial charge in [-0.1, -0.05) is 41.4 Å². The van der Waals surface area contributed by atoms with E-state index in [1.54, 1.807) is 25.3 Å². The maximum atomic E-state index is 12.0. The fraction of sp³-hybridized carbons (Fsp3) is 0.188. The molecule has 3 nitrogen and oxygen atoms in total. The van der Waals surface area contributed by atoms with Crippen molar-refractivity contribution in [2.24, 2.45) is 0 Å². The van der Waals surface area contributed by atoms with E-state index in [-0.39, 0.29) is 12.3 Å². The normalized spacial score (nSPS) is 10.4. The third-order valence-corrected chi connectivity index (χ3v) is 3.61. The Morgan fingerprint density at radius 2 is 1.90 bits per heavy atom. The topological polar surface area (TPSA) is 38.3 Å². The lowest BCUT2D eigenvalue weighted by molar-refractivity contribution is -0.115. The number of hydrogen-bond donors (Lipinski definition) is 1. The van der Waals surface area contributed by atoms with Crippen molar-refractivity contribution in [2.45, 2.75) is 13.0 Å². The van der Waals surface area contributed by atoms with Gasteiger partial charge in [-0.2, -0.15) is 0 Å². The number of ether oxygens (including phenoxy) is 1. The molecule has 0 aliphatic heterocycles. The Labute approximate surface area is 133 Å². The van der Waals surface area contributed by atoms with E-state index in [4.69, 9.17) is 27.9 Å². The Morgan fingerprint density at radius 1 is 1.10 bits per heavy atom. The summed E-state index contributed by atoms with van der Waals surface area (Å²) in [7, 11) is 1.63. The fourth-order valence-corrected chi connectivity index (χ4v) is 2.27. The van der Waals surface area contributed by atoms with Crippen molar-refractivity contribution in [1.82, 2.24) is 0 Å². The summed E-state index contributed by atoms with van der Waals surface area (Å²) in [6.07, 6.45) is 0.241. The van der Waals surface area contributed by atoms with Gasteiger partial charge in [0.1, 0.15) is 0 Å². The number of nitrogens with one attached hydrogen (secondary N) is 1. The van der Waals surface area contributed by atoms with Crippen LogP contribution in [0, 0.1) is 0 Å². The first-order valence-electron chi connectivity index (χ1n) is 6.40. The van der Waals surface area contributed by atoms with Gasteiger partial charge < -0.3 is 10.1 Å². The van der Waals surface area contributed by atoms with Crippen LogP contribution in [0.3, 0.4) is 0 Å². The minimum atomic E-state index is -0.108. The lowest BCUT2D eigenvalue weighted by Gasteiger charge is -2.08. The molecule has 0 saturated heterocycles. The molecule has 0 bridgehead atoms. The molecular formula is C16H15Cl2NO2. The van der Waals surface area contributed by atoms with Gasteiger partial charge in [-0.3, -0.25) is 4.79 Å². The molecule has 110 valence electrons. The minimum absolute atomic E-state index is 0.108. The van der Waals surface area contributed by atoms with Crippen LogP contribution < -0.4 is 5.32 Å². The Hall–Kier alpha value is -1.55. The van der Waals surface area contributed by atoms with Gasteiger partial charge in [0, 0.05) is 12.8 Å². The van der Waals surface area contributed by atoms with Gasteiger partial charge in [-0.25, -0.2) is 0 Å². The van der Waals surface area contributed by atoms with E-state index in [2.05, 4.69) is 5.32 Å². The van der Waals surface area contributed by atoms with E-state index in [0.717, 1.165) is 16.8 Å². The summed E-state index contributed by atoms with van der Waals surface area (Å²) >= 11 is 11.8. The van der Waals surface area contributed by atoms with Crippen LogP contribution in [0.25, 0.3) is 0 Å². The molecule has 0 spiro atoms. The van der Waals surface area contributed by atoms with Gasteiger partial charge >= 0.3 is 0 Å². The van der Waals surface area contributed by atoms with Crippen molar-refractivity contribution in [2.75, 3.05) is 12.4 Å². The third kappa shape index (κ3) is 4.74. The molecule has 5 heteroatoms. The molecule has 0 aliphatic rings. The molecule has 2 rings (SSSR count). The van der Waals surface area contributed by atoms with Crippen molar-refractivity contribution in [3.05, 3.63) is 63.6 Å². The van der Waals surface area contributed by atoms with E-state index >= 15 is 0 Å². The monoisotopic (exact) mass is 323 g/mol. The zero-order valence-electron chi connectivity index (χ0n) is 11.5. The molecule has 0 atom stereocenters. The Bertz CT molecular complexity index is 644. The molecule has 1 N–H and O–H groups in total. The van der Waals surface area contributed by atoms with Crippen LogP contribution in [0.2, 0.25) is 10.0 Å². The SMILES string of the molecule is COCc1cccc(NC(=O)Cc2ccc(Cl)c(Cl)c2)c1. The van der Waals surface area contributed by atoms with Crippen LogP contribution in [0.4, 0.5) is 5.69 Å². The highest BCUT2D eigenvalue weighted by Crippen LogP contribution is 2.23. The zero-order chi connectivity index (χ0) is 15.2. The number of benzene rings is 2. The minimum Gasteiger partial charge on any atom is -0.380 e. The van der Waals surface area contributed by atoms with Crippen molar-refractivity contribution in [3.63, 3.8) is 0 Å². The summed E-state index contributed by atoms with van der Waals surface area (Å²) < 4.78 is 5.07. The van der Waals surface area contributed by atoms with Crippen LogP contribution in [0.5, 0.6) is 0 Å². The second-order valence-electron chi connectivity index (χ2n) is 4.61. The van der Waals surface area contributed by atoms with Crippen molar-refractivity contribution in [1.29, 1.82) is 0 Å². The number of amides is 1. The summed E-state index contributed by atoms with van der Waals surface area (Å²) in [5.74, 6) is -0.108. The van der Waals surface area contributed by atoms with Crippen LogP contribution in [0.15, 0.2) is 42.5 Å². The standard InChI is InChI=1S/C16H15Cl2NO2/c1-21-10-12-3-2-4-13(7-12)19-16(20)9-11-5-6-14(17)15(18)8-11/h2-8H,9-10H2,1H3,(H,19,20). The number of halogens is 2. The molecule has 0 unspecified atom stereocenters. The number of anilines is 1. The summed E-state index contributed by atoms with van der Waals surface area (Å²) in [6.45, 7) is 0.510. The first-order valence-corrected chi connectivity index (χ1v) is 7.16. The average Bonchev–Trinajstić information content (AvgIpc) is 2.43. The predicted molar refractivity (Wildman–Crippen MR) is 86.0 cm³/mol. The Balaban J connectivity index is 2.01. The van der Waals surface area contributed by atoms with Gasteiger partial charge in [0.15, 0.2) is 0 Å². The van der Waals surface area contributed by atoms with E-state index in [9.17, 15) is 4.79 Å². The summed E-state index contributed by atoms with van der Waals surface area (Å²) in [5, 5.41) is 3.78. The van der Waals surface area contributed by atoms with Gasteiger partial charge in [0.05, 0.1) is 23.1 Å². The number of hydrogen-bond acceptors (Lipinski definition) is 2. The van der Waals surface area contributed by atoms with E-state index in [1.807, 2.05) is 24.3 Å². The van der Waals surface area contributed by atoms with Gasteiger partial charge in [-0.15, -0.1) is 0 Å². The summed E-state index contributed by atoms with van der Waals surface area (Å²) in [6, 6.07) is 12.7. The molecule has 0 heterocycles. The van der Waals surface area contributed by atoms with E-state index < -0.39 is 0 Å². The summed E-state index contributed by atoms with van der Waals surface area (Å²) in [4.78, 5) is 12.0. The highest BCUT2D eigenvalue weighted by molar-refractivity contribution is 6.42. The zero-order valence-corrected chi connectivity index (χ0v) is 13.0. The quantitative estimate of drug-likeness (QED) is 0.889. The van der Waals surface area contributed by atoms with Crippen molar-refractivity contribution < 1.29 is 9.53 Å². The lowest BCUT2D eigenvalue weighted by atomic mass is 10.1. The van der Waals surface area contributed by atoms with Crippen molar-refractivity contribution >= 4 is 34.8 Å². The Kier molecular flexibility index (Phi) is 5.62. The number of carbonyl (C=O) groups is 1. The lowest BCUT2D eigenvalue weighted by Crippen LogP contribution is -2.14. The highest BCUT2D eigenvalue weighted by atomic mass is 35.5. The smallest absolute Gasteiger partial charge is 0.228 e. The molecule has 0 aliphatic carbocycles. The van der Waals surface area contributed by atoms with Gasteiger partial charge in [0.25, 0.3) is 0 Å². The van der Waals surface area contributed by atoms with Crippen molar-refractivity contribution in [3.8, 4) is 0 Å². The molecule has 0 fully saturated rings. The van der Waals surface area contributed by atoms with E-state index in [0.29, 0.717) is 16.7 Å². The van der Waals surface area contributed by atoms with E-state index in [1.165, 1.54) is 0 Å². The maximum absolute atomic E-state index is 12.0. The molecule has 0 radical (unpaired) electrons. The maximum Gasteiger partial charge on any atom is 0.228 e. The predicted octanol–water partition coefficient (Wildman–Crippen LogP) is 4.32. The first-order chi connectivity index (χ1) is 10.1. The van der Waals surface area contributed by atoms with Gasteiger partial charge in [-0.05, 0) is 35.4 Å². The molecule has 1 amide bonds. The van der Waals surface area contributed by atoms with Crippen LogP contribution in [0.1, 0.15) is 11.1 Å².